The van der Waals surface area contributed by atoms with Crippen LogP contribution >= 0.6 is 0 Å². The average Bonchev–Trinajstić information content (AvgIpc) is 1.96. The summed E-state index contributed by atoms with van der Waals surface area (Å²) in [7, 11) is 0. The van der Waals surface area contributed by atoms with Gasteiger partial charge in [-0.05, 0) is 34.6 Å². The maximum absolute atomic E-state index is 7.36. The maximum Gasteiger partial charge on any atom is 0.0920 e. The van der Waals surface area contributed by atoms with E-state index in [-0.39, 0.29) is 17.0 Å². The van der Waals surface area contributed by atoms with Crippen LogP contribution in [0.1, 0.15) is 41.0 Å². The van der Waals surface area contributed by atoms with Crippen LogP contribution in [0.2, 0.25) is 0 Å². The van der Waals surface area contributed by atoms with Gasteiger partial charge in [0.25, 0.3) is 0 Å². The number of amidine groups is 1. The van der Waals surface area contributed by atoms with Crippen LogP contribution in [0.25, 0.3) is 0 Å². The number of hydrogen-bond acceptors (Lipinski definition) is 3. The number of morpholine rings is 1. The molecule has 0 radical (unpaired) electrons. The van der Waals surface area contributed by atoms with Crippen molar-refractivity contribution >= 4 is 5.84 Å². The summed E-state index contributed by atoms with van der Waals surface area (Å²) in [4.78, 5) is 2.37. The Morgan fingerprint density at radius 1 is 1.31 bits per heavy atom. The van der Waals surface area contributed by atoms with Crippen molar-refractivity contribution in [2.45, 2.75) is 58.3 Å². The van der Waals surface area contributed by atoms with Gasteiger partial charge in [0, 0.05) is 25.6 Å². The summed E-state index contributed by atoms with van der Waals surface area (Å²) in [6.07, 6.45) is 0.631. The van der Waals surface area contributed by atoms with Crippen molar-refractivity contribution in [1.29, 1.82) is 5.41 Å². The Balaban J connectivity index is 2.70. The van der Waals surface area contributed by atoms with E-state index < -0.39 is 0 Å². The summed E-state index contributed by atoms with van der Waals surface area (Å²) in [5.74, 6) is 0.259. The standard InChI is InChI=1S/C12H25N3O/c1-9(6-10(13)14)15-7-11(2,3)16-12(4,5)8-15/h9H,6-8H2,1-5H3,(H3,13,14). The molecular weight excluding hydrogens is 202 g/mol. The Morgan fingerprint density at radius 3 is 2.12 bits per heavy atom. The van der Waals surface area contributed by atoms with E-state index in [1.54, 1.807) is 0 Å². The highest BCUT2D eigenvalue weighted by molar-refractivity contribution is 5.77. The van der Waals surface area contributed by atoms with E-state index in [1.165, 1.54) is 0 Å². The normalized spacial score (nSPS) is 26.3. The van der Waals surface area contributed by atoms with E-state index >= 15 is 0 Å². The molecule has 3 N–H and O–H groups in total. The summed E-state index contributed by atoms with van der Waals surface area (Å²) >= 11 is 0. The van der Waals surface area contributed by atoms with Gasteiger partial charge in [-0.25, -0.2) is 0 Å². The molecular formula is C12H25N3O. The molecule has 1 atom stereocenters. The minimum Gasteiger partial charge on any atom is -0.388 e. The molecule has 0 aromatic rings. The Kier molecular flexibility index (Phi) is 3.65. The molecule has 0 amide bonds. The first kappa shape index (κ1) is 13.5. The highest BCUT2D eigenvalue weighted by Crippen LogP contribution is 2.29. The van der Waals surface area contributed by atoms with Gasteiger partial charge in [-0.1, -0.05) is 0 Å². The first-order chi connectivity index (χ1) is 7.11. The molecule has 16 heavy (non-hydrogen) atoms. The number of nitrogens with zero attached hydrogens (tertiary/aromatic N) is 1. The fraction of sp³-hybridized carbons (Fsp3) is 0.917. The van der Waals surface area contributed by atoms with Crippen molar-refractivity contribution in [2.75, 3.05) is 13.1 Å². The van der Waals surface area contributed by atoms with Crippen LogP contribution in [0.4, 0.5) is 0 Å². The van der Waals surface area contributed by atoms with Crippen molar-refractivity contribution in [3.8, 4) is 0 Å². The molecule has 1 heterocycles. The zero-order valence-electron chi connectivity index (χ0n) is 11.1. The van der Waals surface area contributed by atoms with Gasteiger partial charge in [0.1, 0.15) is 0 Å². The molecule has 1 rings (SSSR count). The molecule has 0 aromatic carbocycles. The van der Waals surface area contributed by atoms with Crippen LogP contribution in [0.5, 0.6) is 0 Å². The van der Waals surface area contributed by atoms with Crippen LogP contribution in [0.3, 0.4) is 0 Å². The van der Waals surface area contributed by atoms with Gasteiger partial charge in [-0.15, -0.1) is 0 Å². The van der Waals surface area contributed by atoms with E-state index in [1.807, 2.05) is 0 Å². The number of nitrogens with two attached hydrogens (primary N) is 1. The molecule has 0 bridgehead atoms. The van der Waals surface area contributed by atoms with Gasteiger partial charge in [0.2, 0.25) is 0 Å². The van der Waals surface area contributed by atoms with E-state index in [0.29, 0.717) is 12.5 Å². The summed E-state index contributed by atoms with van der Waals surface area (Å²) in [6.45, 7) is 12.4. The first-order valence-corrected chi connectivity index (χ1v) is 5.88. The third-order valence-corrected chi connectivity index (χ3v) is 2.86. The minimum atomic E-state index is -0.132. The highest BCUT2D eigenvalue weighted by Gasteiger charge is 2.39. The van der Waals surface area contributed by atoms with Gasteiger partial charge < -0.3 is 10.5 Å². The van der Waals surface area contributed by atoms with E-state index in [0.717, 1.165) is 13.1 Å². The van der Waals surface area contributed by atoms with Gasteiger partial charge in [0.15, 0.2) is 0 Å². The van der Waals surface area contributed by atoms with Crippen LogP contribution in [0.15, 0.2) is 0 Å². The zero-order valence-corrected chi connectivity index (χ0v) is 11.1. The highest BCUT2D eigenvalue weighted by atomic mass is 16.5. The number of nitrogens with one attached hydrogen (secondary N) is 1. The van der Waals surface area contributed by atoms with Gasteiger partial charge >= 0.3 is 0 Å². The lowest BCUT2D eigenvalue weighted by atomic mass is 9.97. The Labute approximate surface area is 98.6 Å². The Hall–Kier alpha value is -0.610. The van der Waals surface area contributed by atoms with Crippen molar-refractivity contribution in [3.63, 3.8) is 0 Å². The molecule has 1 aliphatic rings. The van der Waals surface area contributed by atoms with Crippen molar-refractivity contribution < 1.29 is 4.74 Å². The molecule has 1 saturated heterocycles. The van der Waals surface area contributed by atoms with Gasteiger partial charge in [0.05, 0.1) is 17.0 Å². The zero-order chi connectivity index (χ0) is 12.6. The third kappa shape index (κ3) is 3.76. The largest absolute Gasteiger partial charge is 0.388 e. The van der Waals surface area contributed by atoms with Crippen LogP contribution in [0, 0.1) is 5.41 Å². The lowest BCUT2D eigenvalue weighted by Crippen LogP contribution is -2.59. The predicted molar refractivity (Wildman–Crippen MR) is 66.8 cm³/mol. The molecule has 1 aliphatic heterocycles. The van der Waals surface area contributed by atoms with Crippen LogP contribution in [-0.2, 0) is 4.74 Å². The maximum atomic E-state index is 7.36. The lowest BCUT2D eigenvalue weighted by Gasteiger charge is -2.49. The first-order valence-electron chi connectivity index (χ1n) is 5.88. The van der Waals surface area contributed by atoms with E-state index in [9.17, 15) is 0 Å². The molecule has 0 spiro atoms. The summed E-state index contributed by atoms with van der Waals surface area (Å²) in [6, 6.07) is 0.306. The molecule has 0 saturated carbocycles. The minimum absolute atomic E-state index is 0.132. The van der Waals surface area contributed by atoms with Crippen LogP contribution in [-0.4, -0.2) is 41.1 Å². The quantitative estimate of drug-likeness (QED) is 0.568. The van der Waals surface area contributed by atoms with Crippen LogP contribution < -0.4 is 5.73 Å². The summed E-state index contributed by atoms with van der Waals surface area (Å²) in [5, 5.41) is 7.36. The second-order valence-corrected chi connectivity index (χ2v) is 6.10. The number of ether oxygens (including phenoxy) is 1. The third-order valence-electron chi connectivity index (χ3n) is 2.86. The second-order valence-electron chi connectivity index (χ2n) is 6.10. The smallest absolute Gasteiger partial charge is 0.0920 e. The summed E-state index contributed by atoms with van der Waals surface area (Å²) in [5.41, 5.74) is 5.20. The molecule has 94 valence electrons. The molecule has 0 aromatic heterocycles. The monoisotopic (exact) mass is 227 g/mol. The molecule has 1 unspecified atom stereocenters. The fourth-order valence-corrected chi connectivity index (χ4v) is 2.61. The Morgan fingerprint density at radius 2 is 1.75 bits per heavy atom. The summed E-state index contributed by atoms with van der Waals surface area (Å²) < 4.78 is 6.02. The molecule has 1 fully saturated rings. The van der Waals surface area contributed by atoms with E-state index in [4.69, 9.17) is 15.9 Å². The fourth-order valence-electron chi connectivity index (χ4n) is 2.61. The number of hydrogen-bond donors (Lipinski definition) is 2. The lowest BCUT2D eigenvalue weighted by molar-refractivity contribution is -0.186. The topological polar surface area (TPSA) is 62.3 Å². The van der Waals surface area contributed by atoms with Gasteiger partial charge in [-0.2, -0.15) is 0 Å². The molecule has 0 aliphatic carbocycles. The average molecular weight is 227 g/mol. The van der Waals surface area contributed by atoms with Gasteiger partial charge in [-0.3, -0.25) is 10.3 Å². The van der Waals surface area contributed by atoms with Crippen molar-refractivity contribution in [3.05, 3.63) is 0 Å². The number of rotatable bonds is 3. The molecule has 4 nitrogen and oxygen atoms in total. The Bertz CT molecular complexity index is 257. The van der Waals surface area contributed by atoms with Crippen molar-refractivity contribution in [2.24, 2.45) is 5.73 Å². The SMILES string of the molecule is CC(CC(=N)N)N1CC(C)(C)OC(C)(C)C1. The van der Waals surface area contributed by atoms with E-state index in [2.05, 4.69) is 39.5 Å². The predicted octanol–water partition coefficient (Wildman–Crippen LogP) is 1.59. The molecule has 4 heteroatoms. The second kappa shape index (κ2) is 4.34. The van der Waals surface area contributed by atoms with Crippen molar-refractivity contribution in [1.82, 2.24) is 4.90 Å².